The van der Waals surface area contributed by atoms with Gasteiger partial charge in [-0.3, -0.25) is 4.98 Å². The van der Waals surface area contributed by atoms with Gasteiger partial charge in [0.15, 0.2) is 16.1 Å². The molecule has 0 spiro atoms. The van der Waals surface area contributed by atoms with Crippen LogP contribution in [0.4, 0.5) is 8.78 Å². The highest BCUT2D eigenvalue weighted by atomic mass is 35.5. The molecule has 0 aliphatic carbocycles. The maximum atomic E-state index is 13.9. The smallest absolute Gasteiger partial charge is 0.163 e. The highest BCUT2D eigenvalue weighted by Crippen LogP contribution is 2.26. The van der Waals surface area contributed by atoms with E-state index >= 15 is 0 Å². The maximum absolute atomic E-state index is 13.9. The van der Waals surface area contributed by atoms with Crippen molar-refractivity contribution in [2.24, 2.45) is 0 Å². The van der Waals surface area contributed by atoms with Crippen molar-refractivity contribution in [1.29, 1.82) is 0 Å². The summed E-state index contributed by atoms with van der Waals surface area (Å²) in [6.07, 6.45) is 7.06. The number of nitrogens with one attached hydrogen (secondary N) is 1. The Bertz CT molecular complexity index is 2230. The summed E-state index contributed by atoms with van der Waals surface area (Å²) in [6, 6.07) is 23.6. The summed E-state index contributed by atoms with van der Waals surface area (Å²) in [4.78, 5) is 20.1. The van der Waals surface area contributed by atoms with E-state index in [4.69, 9.17) is 34.8 Å². The summed E-state index contributed by atoms with van der Waals surface area (Å²) in [6.45, 7) is 0.530. The average molecular weight is 716 g/mol. The Morgan fingerprint density at radius 1 is 0.673 bits per heavy atom. The lowest BCUT2D eigenvalue weighted by atomic mass is 10.2. The van der Waals surface area contributed by atoms with E-state index in [0.717, 1.165) is 22.4 Å². The Morgan fingerprint density at radius 3 is 1.96 bits per heavy atom. The largest absolute Gasteiger partial charge is 0.346 e. The highest BCUT2D eigenvalue weighted by Gasteiger charge is 2.15. The van der Waals surface area contributed by atoms with Crippen molar-refractivity contribution in [2.75, 3.05) is 0 Å². The molecule has 6 heterocycles. The minimum Gasteiger partial charge on any atom is -0.346 e. The third-order valence-corrected chi connectivity index (χ3v) is 7.49. The summed E-state index contributed by atoms with van der Waals surface area (Å²) < 4.78 is 29.3. The van der Waals surface area contributed by atoms with Crippen LogP contribution in [-0.4, -0.2) is 49.9 Å². The van der Waals surface area contributed by atoms with Gasteiger partial charge >= 0.3 is 0 Å². The predicted molar refractivity (Wildman–Crippen MR) is 184 cm³/mol. The first-order valence-electron chi connectivity index (χ1n) is 14.5. The van der Waals surface area contributed by atoms with Crippen LogP contribution in [0.3, 0.4) is 0 Å². The molecular weight excluding hydrogens is 693 g/mol. The van der Waals surface area contributed by atoms with Gasteiger partial charge in [0.25, 0.3) is 0 Å². The number of halogens is 5. The van der Waals surface area contributed by atoms with Crippen LogP contribution in [0.5, 0.6) is 0 Å². The molecule has 244 valence electrons. The maximum Gasteiger partial charge on any atom is 0.163 e. The second-order valence-electron chi connectivity index (χ2n) is 10.2. The molecule has 15 heteroatoms. The Balaban J connectivity index is 0.000000143. The number of H-pyrrole nitrogens is 1. The van der Waals surface area contributed by atoms with Crippen LogP contribution in [-0.2, 0) is 12.4 Å². The van der Waals surface area contributed by atoms with Gasteiger partial charge in [-0.15, -0.1) is 21.8 Å². The van der Waals surface area contributed by atoms with Gasteiger partial charge in [-0.1, -0.05) is 47.5 Å². The van der Waals surface area contributed by atoms with Gasteiger partial charge in [-0.05, 0) is 60.7 Å². The molecule has 0 unspecified atom stereocenters. The normalized spacial score (nSPS) is 10.7. The number of alkyl halides is 1. The first-order chi connectivity index (χ1) is 23.9. The molecule has 2 aliphatic heterocycles. The zero-order valence-electron chi connectivity index (χ0n) is 25.2. The Labute approximate surface area is 293 Å². The summed E-state index contributed by atoms with van der Waals surface area (Å²) in [5.41, 5.74) is 5.37. The van der Waals surface area contributed by atoms with E-state index in [-0.39, 0.29) is 11.6 Å². The zero-order chi connectivity index (χ0) is 34.2. The second-order valence-corrected chi connectivity index (χ2v) is 11.2. The Kier molecular flexibility index (Phi) is 10.7. The lowest BCUT2D eigenvalue weighted by Crippen LogP contribution is -2.03. The summed E-state index contributed by atoms with van der Waals surface area (Å²) in [5.74, 6) is 0.671. The van der Waals surface area contributed by atoms with E-state index in [1.54, 1.807) is 73.1 Å². The fraction of sp³-hybridized carbons (Fsp3) is 0.0588. The molecule has 0 radical (unpaired) electrons. The van der Waals surface area contributed by atoms with Crippen molar-refractivity contribution in [3.63, 3.8) is 0 Å². The second kappa shape index (κ2) is 15.6. The van der Waals surface area contributed by atoms with Crippen molar-refractivity contribution in [2.45, 2.75) is 12.4 Å². The molecule has 10 nitrogen and oxygen atoms in total. The Hall–Kier alpha value is -5.43. The third-order valence-electron chi connectivity index (χ3n) is 6.81. The Morgan fingerprint density at radius 2 is 1.33 bits per heavy atom. The first-order valence-corrected chi connectivity index (χ1v) is 15.8. The fourth-order valence-electron chi connectivity index (χ4n) is 4.48. The first kappa shape index (κ1) is 33.5. The number of benzene rings is 2. The topological polar surface area (TPSA) is 124 Å². The molecule has 0 amide bonds. The van der Waals surface area contributed by atoms with Crippen LogP contribution in [0.15, 0.2) is 110 Å². The van der Waals surface area contributed by atoms with Crippen LogP contribution in [0, 0.1) is 11.6 Å². The molecule has 2 aliphatic rings. The van der Waals surface area contributed by atoms with Crippen molar-refractivity contribution in [3.8, 4) is 34.2 Å². The third kappa shape index (κ3) is 8.54. The molecule has 49 heavy (non-hydrogen) atoms. The van der Waals surface area contributed by atoms with E-state index < -0.39 is 0 Å². The van der Waals surface area contributed by atoms with Gasteiger partial charge in [0.05, 0.1) is 57.9 Å². The number of hydrogen-bond acceptors (Lipinski definition) is 8. The van der Waals surface area contributed by atoms with E-state index in [0.29, 0.717) is 56.9 Å². The number of pyridine rings is 2. The molecule has 0 fully saturated rings. The number of fused-ring (bicyclic) bond motifs is 2. The van der Waals surface area contributed by atoms with Gasteiger partial charge in [-0.2, -0.15) is 10.2 Å². The number of aromatic nitrogens is 10. The minimum atomic E-state index is -0.336. The molecule has 8 rings (SSSR count). The number of nitrogens with zero attached hydrogens (tertiary/aromatic N) is 9. The van der Waals surface area contributed by atoms with Gasteiger partial charge < -0.3 is 9.55 Å². The van der Waals surface area contributed by atoms with Crippen LogP contribution in [0.25, 0.3) is 45.2 Å². The van der Waals surface area contributed by atoms with Crippen molar-refractivity contribution in [1.82, 2.24) is 49.9 Å². The summed E-state index contributed by atoms with van der Waals surface area (Å²) in [5, 5.41) is 15.9. The molecule has 1 N–H and O–H groups in total. The predicted octanol–water partition coefficient (Wildman–Crippen LogP) is 8.31. The highest BCUT2D eigenvalue weighted by molar-refractivity contribution is 6.29. The molecule has 4 aromatic heterocycles. The van der Waals surface area contributed by atoms with Crippen molar-refractivity contribution in [3.05, 3.63) is 143 Å². The van der Waals surface area contributed by atoms with Gasteiger partial charge in [0.1, 0.15) is 23.2 Å². The number of imidazole rings is 2. The number of hydrogen-bond donors (Lipinski definition) is 1. The van der Waals surface area contributed by atoms with E-state index in [9.17, 15) is 8.78 Å². The number of rotatable bonds is 5. The monoisotopic (exact) mass is 714 g/mol. The quantitative estimate of drug-likeness (QED) is 0.177. The van der Waals surface area contributed by atoms with Gasteiger partial charge in [0.2, 0.25) is 0 Å². The van der Waals surface area contributed by atoms with Gasteiger partial charge in [-0.25, -0.2) is 23.7 Å². The molecule has 6 aromatic rings. The minimum absolute atomic E-state index is 0.283. The van der Waals surface area contributed by atoms with Crippen LogP contribution >= 0.6 is 34.8 Å². The molecule has 0 saturated heterocycles. The standard InChI is InChI=1S/C17H11ClFN5.C12H8FN3.C5H4Cl2N2/c18-16-6-5-11(22-23-16)9-24-8-7-14-15(10-24)21-17(20-14)12-3-1-2-4-13(12)19;13-9-4-2-1-3-8(9)12-15-10-5-6-14-7-11(10)16-12;6-3-4-1-2-5(7)9-8-4/h1-8,10H,9H2;1-7H,(H,15,16);1-2H,3H2. The summed E-state index contributed by atoms with van der Waals surface area (Å²) >= 11 is 16.6. The van der Waals surface area contributed by atoms with Crippen LogP contribution in [0.1, 0.15) is 11.4 Å². The van der Waals surface area contributed by atoms with E-state index in [1.165, 1.54) is 12.1 Å². The van der Waals surface area contributed by atoms with E-state index in [2.05, 4.69) is 45.3 Å². The number of aromatic amines is 1. The average Bonchev–Trinajstić information content (AvgIpc) is 3.75. The molecule has 0 bridgehead atoms. The molecule has 0 atom stereocenters. The fourth-order valence-corrected chi connectivity index (χ4v) is 4.82. The van der Waals surface area contributed by atoms with Crippen LogP contribution < -0.4 is 0 Å². The molecule has 0 saturated carbocycles. The zero-order valence-corrected chi connectivity index (χ0v) is 27.5. The van der Waals surface area contributed by atoms with Crippen LogP contribution in [0.2, 0.25) is 10.3 Å². The SMILES string of the molecule is ClCc1ccc(Cl)nn1.Fc1ccccc1-c1nc2ccn(Cc3ccc(Cl)nn3)cc-2n1.Fc1ccccc1-c1nc2ccncc2[nH]1. The van der Waals surface area contributed by atoms with Crippen molar-refractivity contribution < 1.29 is 8.78 Å². The summed E-state index contributed by atoms with van der Waals surface area (Å²) in [7, 11) is 0. The van der Waals surface area contributed by atoms with Gasteiger partial charge in [0, 0.05) is 18.6 Å². The lowest BCUT2D eigenvalue weighted by Gasteiger charge is -2.06. The lowest BCUT2D eigenvalue weighted by molar-refractivity contribution is 0.630. The molecule has 2 aromatic carbocycles. The van der Waals surface area contributed by atoms with Crippen molar-refractivity contribution >= 4 is 45.8 Å². The molecular formula is C34H23Cl3F2N10. The van der Waals surface area contributed by atoms with E-state index in [1.807, 2.05) is 29.1 Å².